The third-order valence-electron chi connectivity index (χ3n) is 2.35. The van der Waals surface area contributed by atoms with Crippen LogP contribution >= 0.6 is 0 Å². The number of aliphatic hydroxyl groups is 1. The van der Waals surface area contributed by atoms with E-state index in [0.29, 0.717) is 11.4 Å². The average Bonchev–Trinajstić information content (AvgIpc) is 2.28. The van der Waals surface area contributed by atoms with Crippen LogP contribution < -0.4 is 5.32 Å². The number of rotatable bonds is 4. The smallest absolute Gasteiger partial charge is 0.166 e. The molecule has 0 aliphatic rings. The summed E-state index contributed by atoms with van der Waals surface area (Å²) in [5.41, 5.74) is 0.460. The molecule has 2 N–H and O–H groups in total. The lowest BCUT2D eigenvalue weighted by Crippen LogP contribution is -2.27. The van der Waals surface area contributed by atoms with Crippen LogP contribution in [0.15, 0.2) is 12.3 Å². The SMILES string of the molecule is CC(CO)C(C)Nc1nnccc1C#N. The van der Waals surface area contributed by atoms with Gasteiger partial charge in [-0.2, -0.15) is 10.4 Å². The van der Waals surface area contributed by atoms with Crippen molar-refractivity contribution in [3.63, 3.8) is 0 Å². The van der Waals surface area contributed by atoms with Crippen molar-refractivity contribution in [1.29, 1.82) is 5.26 Å². The van der Waals surface area contributed by atoms with Crippen LogP contribution in [0.25, 0.3) is 0 Å². The fourth-order valence-electron chi connectivity index (χ4n) is 1.04. The molecule has 5 heteroatoms. The van der Waals surface area contributed by atoms with E-state index >= 15 is 0 Å². The van der Waals surface area contributed by atoms with Crippen molar-refractivity contribution >= 4 is 5.82 Å². The molecule has 1 aromatic rings. The fraction of sp³-hybridized carbons (Fsp3) is 0.500. The molecule has 0 saturated carbocycles. The molecule has 2 unspecified atom stereocenters. The second-order valence-electron chi connectivity index (χ2n) is 3.50. The fourth-order valence-corrected chi connectivity index (χ4v) is 1.04. The first-order chi connectivity index (χ1) is 7.19. The Morgan fingerprint density at radius 3 is 2.93 bits per heavy atom. The molecule has 1 rings (SSSR count). The molecular weight excluding hydrogens is 192 g/mol. The van der Waals surface area contributed by atoms with Gasteiger partial charge in [0.1, 0.15) is 6.07 Å². The molecule has 0 amide bonds. The van der Waals surface area contributed by atoms with Crippen molar-refractivity contribution in [3.8, 4) is 6.07 Å². The van der Waals surface area contributed by atoms with Crippen LogP contribution in [-0.4, -0.2) is 28.0 Å². The number of aliphatic hydroxyl groups excluding tert-OH is 1. The summed E-state index contributed by atoms with van der Waals surface area (Å²) >= 11 is 0. The largest absolute Gasteiger partial charge is 0.396 e. The molecule has 2 atom stereocenters. The lowest BCUT2D eigenvalue weighted by Gasteiger charge is -2.19. The van der Waals surface area contributed by atoms with Gasteiger partial charge in [-0.15, -0.1) is 5.10 Å². The molecule has 0 aliphatic carbocycles. The second kappa shape index (κ2) is 5.27. The summed E-state index contributed by atoms with van der Waals surface area (Å²) < 4.78 is 0. The van der Waals surface area contributed by atoms with Crippen LogP contribution in [0.1, 0.15) is 19.4 Å². The van der Waals surface area contributed by atoms with Gasteiger partial charge in [0.2, 0.25) is 0 Å². The van der Waals surface area contributed by atoms with Crippen molar-refractivity contribution in [2.24, 2.45) is 5.92 Å². The Hall–Kier alpha value is -1.67. The maximum absolute atomic E-state index is 8.97. The molecule has 5 nitrogen and oxygen atoms in total. The van der Waals surface area contributed by atoms with Crippen molar-refractivity contribution in [2.45, 2.75) is 19.9 Å². The molecule has 1 heterocycles. The monoisotopic (exact) mass is 206 g/mol. The molecular formula is C10H14N4O. The summed E-state index contributed by atoms with van der Waals surface area (Å²) in [6.45, 7) is 3.94. The van der Waals surface area contributed by atoms with Crippen LogP contribution in [0.2, 0.25) is 0 Å². The topological polar surface area (TPSA) is 81.8 Å². The summed E-state index contributed by atoms with van der Waals surface area (Å²) in [5.74, 6) is 0.561. The highest BCUT2D eigenvalue weighted by molar-refractivity contribution is 5.50. The van der Waals surface area contributed by atoms with Gasteiger partial charge in [0.05, 0.1) is 11.8 Å². The zero-order chi connectivity index (χ0) is 11.3. The maximum atomic E-state index is 8.97. The van der Waals surface area contributed by atoms with Gasteiger partial charge in [0, 0.05) is 12.6 Å². The predicted molar refractivity (Wildman–Crippen MR) is 56.1 cm³/mol. The standard InChI is InChI=1S/C10H14N4O/c1-7(6-15)8(2)13-10-9(5-11)3-4-12-14-10/h3-4,7-8,15H,6H2,1-2H3,(H,13,14). The van der Waals surface area contributed by atoms with E-state index in [1.165, 1.54) is 6.20 Å². The predicted octanol–water partition coefficient (Wildman–Crippen LogP) is 0.777. The zero-order valence-electron chi connectivity index (χ0n) is 8.81. The average molecular weight is 206 g/mol. The summed E-state index contributed by atoms with van der Waals surface area (Å²) in [5, 5.41) is 28.4. The van der Waals surface area contributed by atoms with Crippen LogP contribution in [0.5, 0.6) is 0 Å². The number of hydrogen-bond acceptors (Lipinski definition) is 5. The Morgan fingerprint density at radius 1 is 1.60 bits per heavy atom. The molecule has 0 bridgehead atoms. The van der Waals surface area contributed by atoms with Crippen molar-refractivity contribution < 1.29 is 5.11 Å². The summed E-state index contributed by atoms with van der Waals surface area (Å²) in [6.07, 6.45) is 1.48. The van der Waals surface area contributed by atoms with Gasteiger partial charge in [0.25, 0.3) is 0 Å². The first kappa shape index (κ1) is 11.4. The molecule has 0 fully saturated rings. The van der Waals surface area contributed by atoms with E-state index in [1.54, 1.807) is 6.07 Å². The third-order valence-corrected chi connectivity index (χ3v) is 2.35. The molecule has 15 heavy (non-hydrogen) atoms. The Balaban J connectivity index is 2.77. The summed E-state index contributed by atoms with van der Waals surface area (Å²) in [6, 6.07) is 3.67. The molecule has 0 aromatic carbocycles. The van der Waals surface area contributed by atoms with E-state index in [4.69, 9.17) is 10.4 Å². The minimum absolute atomic E-state index is 0.0406. The van der Waals surface area contributed by atoms with E-state index in [1.807, 2.05) is 19.9 Å². The van der Waals surface area contributed by atoms with Gasteiger partial charge in [0.15, 0.2) is 5.82 Å². The number of nitriles is 1. The Kier molecular flexibility index (Phi) is 4.01. The number of aromatic nitrogens is 2. The van der Waals surface area contributed by atoms with Gasteiger partial charge in [-0.25, -0.2) is 0 Å². The van der Waals surface area contributed by atoms with Gasteiger partial charge >= 0.3 is 0 Å². The third kappa shape index (κ3) is 2.89. The zero-order valence-corrected chi connectivity index (χ0v) is 8.81. The van der Waals surface area contributed by atoms with Crippen LogP contribution in [-0.2, 0) is 0 Å². The molecule has 0 spiro atoms. The Labute approximate surface area is 88.8 Å². The normalized spacial score (nSPS) is 14.0. The number of anilines is 1. The summed E-state index contributed by atoms with van der Waals surface area (Å²) in [4.78, 5) is 0. The first-order valence-electron chi connectivity index (χ1n) is 4.78. The lowest BCUT2D eigenvalue weighted by molar-refractivity contribution is 0.226. The minimum Gasteiger partial charge on any atom is -0.396 e. The van der Waals surface area contributed by atoms with E-state index < -0.39 is 0 Å². The Bertz CT molecular complexity index is 361. The van der Waals surface area contributed by atoms with Gasteiger partial charge in [-0.3, -0.25) is 0 Å². The summed E-state index contributed by atoms with van der Waals surface area (Å²) in [7, 11) is 0. The van der Waals surface area contributed by atoms with Crippen LogP contribution in [0.4, 0.5) is 5.82 Å². The quantitative estimate of drug-likeness (QED) is 0.760. The maximum Gasteiger partial charge on any atom is 0.166 e. The molecule has 80 valence electrons. The van der Waals surface area contributed by atoms with E-state index in [-0.39, 0.29) is 18.6 Å². The second-order valence-corrected chi connectivity index (χ2v) is 3.50. The number of nitrogens with one attached hydrogen (secondary N) is 1. The van der Waals surface area contributed by atoms with Crippen LogP contribution in [0.3, 0.4) is 0 Å². The first-order valence-corrected chi connectivity index (χ1v) is 4.78. The highest BCUT2D eigenvalue weighted by Gasteiger charge is 2.13. The van der Waals surface area contributed by atoms with E-state index in [0.717, 1.165) is 0 Å². The Morgan fingerprint density at radius 2 is 2.33 bits per heavy atom. The molecule has 0 radical (unpaired) electrons. The molecule has 1 aromatic heterocycles. The molecule has 0 saturated heterocycles. The minimum atomic E-state index is 0.0406. The molecule has 0 aliphatic heterocycles. The van der Waals surface area contributed by atoms with Crippen molar-refractivity contribution in [1.82, 2.24) is 10.2 Å². The highest BCUT2D eigenvalue weighted by atomic mass is 16.3. The van der Waals surface area contributed by atoms with Gasteiger partial charge in [-0.05, 0) is 18.9 Å². The number of hydrogen-bond donors (Lipinski definition) is 2. The van der Waals surface area contributed by atoms with Gasteiger partial charge in [-0.1, -0.05) is 6.92 Å². The van der Waals surface area contributed by atoms with Gasteiger partial charge < -0.3 is 10.4 Å². The van der Waals surface area contributed by atoms with Crippen molar-refractivity contribution in [3.05, 3.63) is 17.8 Å². The van der Waals surface area contributed by atoms with E-state index in [9.17, 15) is 0 Å². The lowest BCUT2D eigenvalue weighted by atomic mass is 10.1. The van der Waals surface area contributed by atoms with E-state index in [2.05, 4.69) is 15.5 Å². The van der Waals surface area contributed by atoms with Crippen molar-refractivity contribution in [2.75, 3.05) is 11.9 Å². The highest BCUT2D eigenvalue weighted by Crippen LogP contribution is 2.13. The van der Waals surface area contributed by atoms with Crippen LogP contribution in [0, 0.1) is 17.2 Å². The number of nitrogens with zero attached hydrogens (tertiary/aromatic N) is 3.